The first-order valence-electron chi connectivity index (χ1n) is 6.96. The predicted molar refractivity (Wildman–Crippen MR) is 78.9 cm³/mol. The Morgan fingerprint density at radius 1 is 1.45 bits per heavy atom. The number of hydrogen-bond donors (Lipinski definition) is 2. The fraction of sp³-hybridized carbons (Fsp3) is 0.467. The van der Waals surface area contributed by atoms with Gasteiger partial charge in [-0.2, -0.15) is 0 Å². The van der Waals surface area contributed by atoms with Gasteiger partial charge in [-0.15, -0.1) is 0 Å². The van der Waals surface area contributed by atoms with Crippen molar-refractivity contribution in [3.8, 4) is 0 Å². The summed E-state index contributed by atoms with van der Waals surface area (Å²) in [5.74, 6) is 0.478. The second kappa shape index (κ2) is 6.41. The molecule has 1 heterocycles. The number of rotatable bonds is 3. The molecule has 2 N–H and O–H groups in total. The Balaban J connectivity index is 2.21. The normalized spacial score (nSPS) is 17.4. The molecule has 1 aliphatic rings. The highest BCUT2D eigenvalue weighted by atomic mass is 16.5. The van der Waals surface area contributed by atoms with Crippen molar-refractivity contribution in [3.63, 3.8) is 0 Å². The highest BCUT2D eigenvalue weighted by Crippen LogP contribution is 2.25. The molecule has 0 bridgehead atoms. The topological polar surface area (TPSA) is 62.7 Å². The molecule has 1 unspecified atom stereocenters. The van der Waals surface area contributed by atoms with Crippen LogP contribution in [-0.2, 0) is 17.6 Å². The van der Waals surface area contributed by atoms with Crippen LogP contribution in [0.2, 0.25) is 0 Å². The molecule has 0 fully saturated rings. The lowest BCUT2D eigenvalue weighted by molar-refractivity contribution is 0.176. The van der Waals surface area contributed by atoms with Crippen LogP contribution in [0.25, 0.3) is 0 Å². The van der Waals surface area contributed by atoms with E-state index >= 15 is 0 Å². The van der Waals surface area contributed by atoms with Crippen LogP contribution in [0.1, 0.15) is 36.6 Å². The summed E-state index contributed by atoms with van der Waals surface area (Å²) < 4.78 is 4.56. The van der Waals surface area contributed by atoms with Gasteiger partial charge in [0.2, 0.25) is 5.96 Å². The van der Waals surface area contributed by atoms with Crippen molar-refractivity contribution >= 4 is 12.1 Å². The van der Waals surface area contributed by atoms with Gasteiger partial charge in [0.25, 0.3) is 0 Å². The van der Waals surface area contributed by atoms with Crippen LogP contribution < -0.4 is 10.6 Å². The van der Waals surface area contributed by atoms with Crippen molar-refractivity contribution in [1.82, 2.24) is 10.6 Å². The summed E-state index contributed by atoms with van der Waals surface area (Å²) in [7, 11) is 1.34. The number of nitrogens with one attached hydrogen (secondary N) is 2. The lowest BCUT2D eigenvalue weighted by Crippen LogP contribution is -2.37. The van der Waals surface area contributed by atoms with Gasteiger partial charge in [-0.25, -0.2) is 9.79 Å². The van der Waals surface area contributed by atoms with Gasteiger partial charge in [-0.1, -0.05) is 32.0 Å². The van der Waals surface area contributed by atoms with Gasteiger partial charge < -0.3 is 10.1 Å². The molecule has 1 aromatic carbocycles. The SMILES string of the molecule is CCc1ccc(CC)c(C2CNC(NC(=O)OC)=N2)c1. The van der Waals surface area contributed by atoms with Crippen LogP contribution in [-0.4, -0.2) is 25.7 Å². The number of guanidine groups is 1. The zero-order valence-electron chi connectivity index (χ0n) is 12.2. The zero-order chi connectivity index (χ0) is 14.5. The van der Waals surface area contributed by atoms with E-state index in [9.17, 15) is 4.79 Å². The molecule has 0 radical (unpaired) electrons. The first-order chi connectivity index (χ1) is 9.67. The number of carbonyl (C=O) groups is 1. The van der Waals surface area contributed by atoms with Crippen LogP contribution in [0.5, 0.6) is 0 Å². The molecule has 5 heteroatoms. The Morgan fingerprint density at radius 2 is 2.25 bits per heavy atom. The lowest BCUT2D eigenvalue weighted by atomic mass is 9.96. The summed E-state index contributed by atoms with van der Waals surface area (Å²) in [6.07, 6.45) is 1.48. The summed E-state index contributed by atoms with van der Waals surface area (Å²) >= 11 is 0. The molecule has 1 aromatic rings. The molecule has 1 atom stereocenters. The van der Waals surface area contributed by atoms with E-state index in [1.54, 1.807) is 0 Å². The molecular formula is C15H21N3O2. The second-order valence-corrected chi connectivity index (χ2v) is 4.73. The molecule has 0 saturated carbocycles. The third-order valence-electron chi connectivity index (χ3n) is 3.51. The first kappa shape index (κ1) is 14.4. The summed E-state index contributed by atoms with van der Waals surface area (Å²) in [6.45, 7) is 4.98. The highest BCUT2D eigenvalue weighted by molar-refractivity contribution is 5.94. The van der Waals surface area contributed by atoms with Gasteiger partial charge in [0.05, 0.1) is 13.2 Å². The Labute approximate surface area is 119 Å². The number of aliphatic imine (C=N–C) groups is 1. The van der Waals surface area contributed by atoms with Gasteiger partial charge in [0.15, 0.2) is 0 Å². The molecule has 1 aliphatic heterocycles. The van der Waals surface area contributed by atoms with Gasteiger partial charge in [-0.3, -0.25) is 5.32 Å². The third kappa shape index (κ3) is 3.10. The number of methoxy groups -OCH3 is 1. The number of hydrogen-bond acceptors (Lipinski definition) is 4. The van der Waals surface area contributed by atoms with E-state index in [4.69, 9.17) is 0 Å². The zero-order valence-corrected chi connectivity index (χ0v) is 12.2. The molecule has 0 saturated heterocycles. The molecule has 0 aromatic heterocycles. The molecule has 0 aliphatic carbocycles. The Bertz CT molecular complexity index is 526. The summed E-state index contributed by atoms with van der Waals surface area (Å²) in [5.41, 5.74) is 3.85. The molecule has 0 spiro atoms. The number of alkyl carbamates (subject to hydrolysis) is 1. The van der Waals surface area contributed by atoms with Crippen LogP contribution >= 0.6 is 0 Å². The van der Waals surface area contributed by atoms with Crippen molar-refractivity contribution in [1.29, 1.82) is 0 Å². The number of ether oxygens (including phenoxy) is 1. The van der Waals surface area contributed by atoms with Gasteiger partial charge in [0.1, 0.15) is 0 Å². The van der Waals surface area contributed by atoms with E-state index in [0.29, 0.717) is 12.5 Å². The van der Waals surface area contributed by atoms with Crippen molar-refractivity contribution in [3.05, 3.63) is 34.9 Å². The minimum Gasteiger partial charge on any atom is -0.453 e. The predicted octanol–water partition coefficient (Wildman–Crippen LogP) is 2.17. The van der Waals surface area contributed by atoms with E-state index < -0.39 is 6.09 Å². The van der Waals surface area contributed by atoms with Crippen LogP contribution in [0.4, 0.5) is 4.79 Å². The molecule has 20 heavy (non-hydrogen) atoms. The van der Waals surface area contributed by atoms with Crippen molar-refractivity contribution in [2.75, 3.05) is 13.7 Å². The number of carbonyl (C=O) groups excluding carboxylic acids is 1. The van der Waals surface area contributed by atoms with Gasteiger partial charge in [-0.05, 0) is 29.5 Å². The Kier molecular flexibility index (Phi) is 4.61. The summed E-state index contributed by atoms with van der Waals surface area (Å²) in [6, 6.07) is 6.61. The first-order valence-corrected chi connectivity index (χ1v) is 6.96. The van der Waals surface area contributed by atoms with E-state index in [2.05, 4.69) is 52.4 Å². The molecule has 5 nitrogen and oxygen atoms in total. The Hall–Kier alpha value is -2.04. The molecule has 2 rings (SSSR count). The quantitative estimate of drug-likeness (QED) is 0.888. The number of benzene rings is 1. The number of nitrogens with zero attached hydrogens (tertiary/aromatic N) is 1. The smallest absolute Gasteiger partial charge is 0.413 e. The maximum Gasteiger partial charge on any atom is 0.413 e. The van der Waals surface area contributed by atoms with E-state index in [-0.39, 0.29) is 6.04 Å². The Morgan fingerprint density at radius 3 is 2.90 bits per heavy atom. The standard InChI is InChI=1S/C15H21N3O2/c1-4-10-6-7-11(5-2)12(8-10)13-9-16-14(17-13)18-15(19)20-3/h6-8,13H,4-5,9H2,1-3H3,(H2,16,17,18,19). The maximum absolute atomic E-state index is 11.2. The van der Waals surface area contributed by atoms with Crippen molar-refractivity contribution in [2.24, 2.45) is 4.99 Å². The fourth-order valence-corrected chi connectivity index (χ4v) is 2.34. The fourth-order valence-electron chi connectivity index (χ4n) is 2.34. The summed E-state index contributed by atoms with van der Waals surface area (Å²) in [4.78, 5) is 15.7. The van der Waals surface area contributed by atoms with Gasteiger partial charge >= 0.3 is 6.09 Å². The average Bonchev–Trinajstić information content (AvgIpc) is 2.94. The van der Waals surface area contributed by atoms with Gasteiger partial charge in [0, 0.05) is 6.54 Å². The molecular weight excluding hydrogens is 254 g/mol. The molecule has 1 amide bonds. The third-order valence-corrected chi connectivity index (χ3v) is 3.51. The van der Waals surface area contributed by atoms with Crippen LogP contribution in [0.15, 0.2) is 23.2 Å². The van der Waals surface area contributed by atoms with Crippen molar-refractivity contribution in [2.45, 2.75) is 32.7 Å². The highest BCUT2D eigenvalue weighted by Gasteiger charge is 2.22. The summed E-state index contributed by atoms with van der Waals surface area (Å²) in [5, 5.41) is 5.67. The lowest BCUT2D eigenvalue weighted by Gasteiger charge is -2.13. The number of aryl methyl sites for hydroxylation is 2. The van der Waals surface area contributed by atoms with E-state index in [1.165, 1.54) is 23.8 Å². The largest absolute Gasteiger partial charge is 0.453 e. The van der Waals surface area contributed by atoms with Crippen LogP contribution in [0.3, 0.4) is 0 Å². The van der Waals surface area contributed by atoms with Crippen molar-refractivity contribution < 1.29 is 9.53 Å². The number of amides is 1. The van der Waals surface area contributed by atoms with E-state index in [0.717, 1.165) is 12.8 Å². The second-order valence-electron chi connectivity index (χ2n) is 4.73. The minimum atomic E-state index is -0.505. The average molecular weight is 275 g/mol. The van der Waals surface area contributed by atoms with Crippen LogP contribution in [0, 0.1) is 0 Å². The maximum atomic E-state index is 11.2. The molecule has 108 valence electrons. The minimum absolute atomic E-state index is 0.0450. The monoisotopic (exact) mass is 275 g/mol. The van der Waals surface area contributed by atoms with E-state index in [1.807, 2.05) is 0 Å².